The highest BCUT2D eigenvalue weighted by Gasteiger charge is 2.61. The van der Waals surface area contributed by atoms with Crippen LogP contribution in [0.1, 0.15) is 31.2 Å². The van der Waals surface area contributed by atoms with Gasteiger partial charge in [0, 0.05) is 17.6 Å². The molecule has 0 amide bonds. The Labute approximate surface area is 95.9 Å². The van der Waals surface area contributed by atoms with Crippen molar-refractivity contribution in [2.24, 2.45) is 11.8 Å². The van der Waals surface area contributed by atoms with Crippen LogP contribution >= 0.6 is 0 Å². The van der Waals surface area contributed by atoms with Gasteiger partial charge in [0.15, 0.2) is 0 Å². The number of rotatable bonds is 3. The van der Waals surface area contributed by atoms with E-state index in [-0.39, 0.29) is 12.0 Å². The molecule has 2 aliphatic carbocycles. The topological polar surface area (TPSA) is 40.5 Å². The monoisotopic (exact) mass is 218 g/mol. The van der Waals surface area contributed by atoms with Crippen molar-refractivity contribution in [1.82, 2.24) is 0 Å². The van der Waals surface area contributed by atoms with Crippen LogP contribution in [0.5, 0.6) is 5.75 Å². The lowest BCUT2D eigenvalue weighted by Crippen LogP contribution is -2.29. The van der Waals surface area contributed by atoms with E-state index in [1.165, 1.54) is 19.3 Å². The molecule has 0 saturated heterocycles. The first-order chi connectivity index (χ1) is 7.79. The normalized spacial score (nSPS) is 33.4. The lowest BCUT2D eigenvalue weighted by atomic mass is 9.69. The third-order valence-electron chi connectivity index (χ3n) is 4.61. The Morgan fingerprint density at radius 3 is 2.50 bits per heavy atom. The average Bonchev–Trinajstić information content (AvgIpc) is 2.91. The zero-order valence-corrected chi connectivity index (χ0v) is 9.39. The Bertz CT molecular complexity index is 397. The average molecular weight is 218 g/mol. The fourth-order valence-electron chi connectivity index (χ4n) is 3.42. The fourth-order valence-corrected chi connectivity index (χ4v) is 3.42. The molecule has 16 heavy (non-hydrogen) atoms. The Morgan fingerprint density at radius 1 is 1.25 bits per heavy atom. The molecule has 0 spiro atoms. The Morgan fingerprint density at radius 2 is 2.00 bits per heavy atom. The van der Waals surface area contributed by atoms with E-state index < -0.39 is 0 Å². The first kappa shape index (κ1) is 10.2. The second-order valence-corrected chi connectivity index (χ2v) is 5.27. The van der Waals surface area contributed by atoms with Crippen LogP contribution in [0.15, 0.2) is 24.3 Å². The maximum absolute atomic E-state index is 9.99. The molecule has 1 aromatic rings. The molecule has 2 heteroatoms. The van der Waals surface area contributed by atoms with Crippen LogP contribution in [-0.2, 0) is 5.41 Å². The molecule has 2 fully saturated rings. The second-order valence-electron chi connectivity index (χ2n) is 5.27. The van der Waals surface area contributed by atoms with E-state index in [0.717, 1.165) is 12.0 Å². The molecule has 0 aliphatic heterocycles. The summed E-state index contributed by atoms with van der Waals surface area (Å²) in [5.41, 5.74) is 1.16. The van der Waals surface area contributed by atoms with Gasteiger partial charge in [-0.2, -0.15) is 0 Å². The molecule has 3 rings (SSSR count). The van der Waals surface area contributed by atoms with Crippen molar-refractivity contribution in [2.45, 2.75) is 31.1 Å². The minimum absolute atomic E-state index is 0.0956. The molecule has 2 nitrogen and oxygen atoms in total. The van der Waals surface area contributed by atoms with Gasteiger partial charge in [0.2, 0.25) is 0 Å². The van der Waals surface area contributed by atoms with Crippen molar-refractivity contribution < 1.29 is 10.2 Å². The molecular weight excluding hydrogens is 200 g/mol. The van der Waals surface area contributed by atoms with Gasteiger partial charge in [-0.1, -0.05) is 24.6 Å². The number of benzene rings is 1. The van der Waals surface area contributed by atoms with Gasteiger partial charge in [0.05, 0.1) is 0 Å². The zero-order chi connectivity index (χ0) is 11.2. The maximum atomic E-state index is 9.99. The van der Waals surface area contributed by atoms with Gasteiger partial charge in [-0.15, -0.1) is 0 Å². The highest BCUT2D eigenvalue weighted by Crippen LogP contribution is 2.65. The lowest BCUT2D eigenvalue weighted by Gasteiger charge is -2.36. The van der Waals surface area contributed by atoms with E-state index in [1.807, 2.05) is 18.2 Å². The Kier molecular flexibility index (Phi) is 2.21. The number of phenols is 1. The number of hydrogen-bond acceptors (Lipinski definition) is 2. The summed E-state index contributed by atoms with van der Waals surface area (Å²) in [5.74, 6) is 1.45. The van der Waals surface area contributed by atoms with Crippen molar-refractivity contribution in [3.8, 4) is 5.75 Å². The third-order valence-corrected chi connectivity index (χ3v) is 4.61. The Balaban J connectivity index is 1.98. The van der Waals surface area contributed by atoms with Crippen LogP contribution in [0.2, 0.25) is 0 Å². The van der Waals surface area contributed by atoms with Crippen LogP contribution in [-0.4, -0.2) is 16.8 Å². The molecule has 2 unspecified atom stereocenters. The number of aliphatic hydroxyl groups excluding tert-OH is 1. The van der Waals surface area contributed by atoms with Gasteiger partial charge >= 0.3 is 0 Å². The van der Waals surface area contributed by atoms with Crippen molar-refractivity contribution in [1.29, 1.82) is 0 Å². The molecular formula is C14H18O2. The minimum atomic E-state index is 0.0956. The van der Waals surface area contributed by atoms with Crippen molar-refractivity contribution >= 4 is 0 Å². The second kappa shape index (κ2) is 3.49. The highest BCUT2D eigenvalue weighted by atomic mass is 16.3. The maximum Gasteiger partial charge on any atom is 0.119 e. The molecule has 0 radical (unpaired) electrons. The molecule has 1 aromatic carbocycles. The van der Waals surface area contributed by atoms with E-state index in [4.69, 9.17) is 0 Å². The number of hydrogen-bond donors (Lipinski definition) is 2. The summed E-state index contributed by atoms with van der Waals surface area (Å²) in [5, 5.41) is 19.4. The smallest absolute Gasteiger partial charge is 0.119 e. The summed E-state index contributed by atoms with van der Waals surface area (Å²) in [6, 6.07) is 7.65. The van der Waals surface area contributed by atoms with E-state index in [9.17, 15) is 10.2 Å². The van der Waals surface area contributed by atoms with Crippen molar-refractivity contribution in [3.63, 3.8) is 0 Å². The first-order valence-corrected chi connectivity index (χ1v) is 6.18. The van der Waals surface area contributed by atoms with Crippen LogP contribution < -0.4 is 0 Å². The summed E-state index contributed by atoms with van der Waals surface area (Å²) in [6.07, 6.45) is 4.86. The molecule has 0 bridgehead atoms. The first-order valence-electron chi connectivity index (χ1n) is 6.18. The molecule has 2 saturated carbocycles. The van der Waals surface area contributed by atoms with Crippen LogP contribution in [0, 0.1) is 11.8 Å². The highest BCUT2D eigenvalue weighted by molar-refractivity contribution is 5.45. The summed E-state index contributed by atoms with van der Waals surface area (Å²) in [7, 11) is 0. The summed E-state index contributed by atoms with van der Waals surface area (Å²) in [4.78, 5) is 0. The molecule has 2 N–H and O–H groups in total. The largest absolute Gasteiger partial charge is 0.508 e. The van der Waals surface area contributed by atoms with Crippen molar-refractivity contribution in [3.05, 3.63) is 29.8 Å². The van der Waals surface area contributed by atoms with Gasteiger partial charge in [-0.3, -0.25) is 0 Å². The number of aliphatic hydroxyl groups is 1. The fraction of sp³-hybridized carbons (Fsp3) is 0.571. The lowest BCUT2D eigenvalue weighted by molar-refractivity contribution is 0.194. The summed E-state index contributed by atoms with van der Waals surface area (Å²) in [6.45, 7) is 0.255. The molecule has 0 heterocycles. The Hall–Kier alpha value is -1.02. The molecule has 86 valence electrons. The molecule has 2 aliphatic rings. The minimum Gasteiger partial charge on any atom is -0.508 e. The SMILES string of the molecule is OCC1CC1(c1ccccc1O)C1CCC1. The predicted octanol–water partition coefficient (Wildman–Crippen LogP) is 2.44. The van der Waals surface area contributed by atoms with Crippen molar-refractivity contribution in [2.75, 3.05) is 6.61 Å². The molecule has 0 aromatic heterocycles. The van der Waals surface area contributed by atoms with Gasteiger partial charge < -0.3 is 10.2 Å². The van der Waals surface area contributed by atoms with E-state index in [2.05, 4.69) is 0 Å². The number of phenolic OH excluding ortho intramolecular Hbond substituents is 1. The summed E-state index contributed by atoms with van der Waals surface area (Å²) < 4.78 is 0. The molecule has 2 atom stereocenters. The predicted molar refractivity (Wildman–Crippen MR) is 62.3 cm³/mol. The quantitative estimate of drug-likeness (QED) is 0.818. The number of aromatic hydroxyl groups is 1. The van der Waals surface area contributed by atoms with E-state index in [0.29, 0.717) is 17.6 Å². The van der Waals surface area contributed by atoms with Crippen LogP contribution in [0.4, 0.5) is 0 Å². The third kappa shape index (κ3) is 1.23. The van der Waals surface area contributed by atoms with Crippen LogP contribution in [0.3, 0.4) is 0 Å². The summed E-state index contributed by atoms with van der Waals surface area (Å²) >= 11 is 0. The van der Waals surface area contributed by atoms with Gasteiger partial charge in [-0.05, 0) is 37.2 Å². The number of para-hydroxylation sites is 1. The van der Waals surface area contributed by atoms with Gasteiger partial charge in [0.25, 0.3) is 0 Å². The van der Waals surface area contributed by atoms with E-state index >= 15 is 0 Å². The van der Waals surface area contributed by atoms with Crippen LogP contribution in [0.25, 0.3) is 0 Å². The standard InChI is InChI=1S/C14H18O2/c15-9-11-8-14(11,10-4-3-5-10)12-6-1-2-7-13(12)16/h1-2,6-7,10-11,15-16H,3-5,8-9H2. The van der Waals surface area contributed by atoms with Gasteiger partial charge in [-0.25, -0.2) is 0 Å². The van der Waals surface area contributed by atoms with E-state index in [1.54, 1.807) is 6.07 Å². The van der Waals surface area contributed by atoms with Gasteiger partial charge in [0.1, 0.15) is 5.75 Å². The zero-order valence-electron chi connectivity index (χ0n) is 9.39.